The number of carbonyl (C=O) groups is 1. The van der Waals surface area contributed by atoms with Gasteiger partial charge in [0.1, 0.15) is 5.82 Å². The van der Waals surface area contributed by atoms with E-state index in [1.165, 1.54) is 13.0 Å². The predicted octanol–water partition coefficient (Wildman–Crippen LogP) is -0.139. The number of carbonyl (C=O) groups excluding carboxylic acids is 1. The van der Waals surface area contributed by atoms with Crippen molar-refractivity contribution in [2.45, 2.75) is 11.8 Å². The number of halogens is 1. The van der Waals surface area contributed by atoms with Crippen molar-refractivity contribution >= 4 is 15.9 Å². The van der Waals surface area contributed by atoms with Gasteiger partial charge in [-0.3, -0.25) is 9.69 Å². The summed E-state index contributed by atoms with van der Waals surface area (Å²) in [5.41, 5.74) is 0.287. The lowest BCUT2D eigenvalue weighted by Gasteiger charge is -2.26. The first-order valence-electron chi connectivity index (χ1n) is 7.71. The monoisotopic (exact) mass is 359 g/mol. The molecule has 0 atom stereocenters. The van der Waals surface area contributed by atoms with Crippen molar-refractivity contribution in [1.82, 2.24) is 14.9 Å². The van der Waals surface area contributed by atoms with Crippen molar-refractivity contribution in [1.29, 1.82) is 0 Å². The second kappa shape index (κ2) is 8.52. The molecule has 9 heteroatoms. The summed E-state index contributed by atoms with van der Waals surface area (Å²) in [7, 11) is -3.85. The van der Waals surface area contributed by atoms with Crippen molar-refractivity contribution in [3.8, 4) is 0 Å². The quantitative estimate of drug-likeness (QED) is 0.708. The molecule has 0 spiro atoms. The second-order valence-electron chi connectivity index (χ2n) is 5.54. The minimum absolute atomic E-state index is 0.0370. The Balaban J connectivity index is 1.77. The van der Waals surface area contributed by atoms with Crippen LogP contribution in [-0.2, 0) is 19.6 Å². The Morgan fingerprint density at radius 2 is 2.04 bits per heavy atom. The van der Waals surface area contributed by atoms with E-state index in [2.05, 4.69) is 14.9 Å². The van der Waals surface area contributed by atoms with Crippen LogP contribution >= 0.6 is 0 Å². The molecule has 1 heterocycles. The average Bonchev–Trinajstić information content (AvgIpc) is 2.54. The van der Waals surface area contributed by atoms with Crippen molar-refractivity contribution in [2.75, 3.05) is 45.9 Å². The fourth-order valence-electron chi connectivity index (χ4n) is 2.39. The fraction of sp³-hybridized carbons (Fsp3) is 0.533. The molecule has 0 aliphatic carbocycles. The third kappa shape index (κ3) is 5.52. The lowest BCUT2D eigenvalue weighted by atomic mass is 10.2. The summed E-state index contributed by atoms with van der Waals surface area (Å²) in [6, 6.07) is 3.39. The predicted molar refractivity (Wildman–Crippen MR) is 86.6 cm³/mol. The number of amides is 1. The van der Waals surface area contributed by atoms with E-state index in [-0.39, 0.29) is 17.0 Å². The van der Waals surface area contributed by atoms with Crippen molar-refractivity contribution < 1.29 is 22.3 Å². The third-order valence-corrected chi connectivity index (χ3v) is 5.26. The van der Waals surface area contributed by atoms with E-state index >= 15 is 0 Å². The molecule has 0 bridgehead atoms. The summed E-state index contributed by atoms with van der Waals surface area (Å²) in [4.78, 5) is 13.9. The largest absolute Gasteiger partial charge is 0.379 e. The smallest absolute Gasteiger partial charge is 0.241 e. The number of nitrogens with one attached hydrogen (secondary N) is 2. The molecule has 2 N–H and O–H groups in total. The number of rotatable bonds is 7. The van der Waals surface area contributed by atoms with E-state index < -0.39 is 21.7 Å². The molecule has 134 valence electrons. The van der Waals surface area contributed by atoms with E-state index in [1.807, 2.05) is 0 Å². The van der Waals surface area contributed by atoms with Gasteiger partial charge in [-0.25, -0.2) is 17.5 Å². The van der Waals surface area contributed by atoms with Crippen LogP contribution < -0.4 is 10.0 Å². The Morgan fingerprint density at radius 3 is 2.71 bits per heavy atom. The Labute approximate surface area is 141 Å². The fourth-order valence-corrected chi connectivity index (χ4v) is 3.60. The lowest BCUT2D eigenvalue weighted by Crippen LogP contribution is -2.43. The molecule has 0 radical (unpaired) electrons. The number of nitrogens with zero attached hydrogens (tertiary/aromatic N) is 1. The van der Waals surface area contributed by atoms with Gasteiger partial charge in [0.15, 0.2) is 0 Å². The second-order valence-corrected chi connectivity index (χ2v) is 7.27. The molecule has 0 saturated carbocycles. The highest BCUT2D eigenvalue weighted by Gasteiger charge is 2.18. The number of morpholine rings is 1. The Kier molecular flexibility index (Phi) is 6.67. The molecule has 1 saturated heterocycles. The van der Waals surface area contributed by atoms with Gasteiger partial charge in [0.25, 0.3) is 0 Å². The molecule has 7 nitrogen and oxygen atoms in total. The van der Waals surface area contributed by atoms with Crippen LogP contribution in [0, 0.1) is 12.7 Å². The molecule has 1 amide bonds. The van der Waals surface area contributed by atoms with E-state index in [0.717, 1.165) is 25.2 Å². The summed E-state index contributed by atoms with van der Waals surface area (Å²) in [5.74, 6) is -0.918. The van der Waals surface area contributed by atoms with Crippen LogP contribution in [0.5, 0.6) is 0 Å². The number of sulfonamides is 1. The summed E-state index contributed by atoms with van der Waals surface area (Å²) < 4.78 is 44.8. The van der Waals surface area contributed by atoms with Crippen molar-refractivity contribution in [2.24, 2.45) is 0 Å². The van der Waals surface area contributed by atoms with Gasteiger partial charge in [-0.15, -0.1) is 0 Å². The maximum Gasteiger partial charge on any atom is 0.241 e. The van der Waals surface area contributed by atoms with Gasteiger partial charge in [-0.05, 0) is 30.7 Å². The highest BCUT2D eigenvalue weighted by Crippen LogP contribution is 2.15. The van der Waals surface area contributed by atoms with Gasteiger partial charge in [-0.2, -0.15) is 0 Å². The highest BCUT2D eigenvalue weighted by molar-refractivity contribution is 7.89. The van der Waals surface area contributed by atoms with E-state index in [4.69, 9.17) is 4.74 Å². The molecule has 1 aliphatic rings. The number of hydrogen-bond donors (Lipinski definition) is 2. The average molecular weight is 359 g/mol. The molecule has 0 unspecified atom stereocenters. The van der Waals surface area contributed by atoms with E-state index in [1.54, 1.807) is 0 Å². The van der Waals surface area contributed by atoms with Crippen LogP contribution in [0.4, 0.5) is 4.39 Å². The maximum absolute atomic E-state index is 13.1. The van der Waals surface area contributed by atoms with Crippen molar-refractivity contribution in [3.63, 3.8) is 0 Å². The number of ether oxygens (including phenoxy) is 1. The van der Waals surface area contributed by atoms with Crippen molar-refractivity contribution in [3.05, 3.63) is 29.6 Å². The number of aryl methyl sites for hydroxylation is 1. The molecule has 24 heavy (non-hydrogen) atoms. The molecule has 1 aromatic carbocycles. The Bertz CT molecular complexity index is 675. The van der Waals surface area contributed by atoms with E-state index in [9.17, 15) is 17.6 Å². The lowest BCUT2D eigenvalue weighted by molar-refractivity contribution is -0.120. The van der Waals surface area contributed by atoms with Gasteiger partial charge in [-0.1, -0.05) is 0 Å². The Morgan fingerprint density at radius 1 is 1.33 bits per heavy atom. The zero-order valence-corrected chi connectivity index (χ0v) is 14.4. The molecule has 0 aromatic heterocycles. The maximum atomic E-state index is 13.1. The van der Waals surface area contributed by atoms with Crippen LogP contribution in [0.2, 0.25) is 0 Å². The van der Waals surface area contributed by atoms with Crippen LogP contribution in [0.3, 0.4) is 0 Å². The minimum Gasteiger partial charge on any atom is -0.379 e. The number of benzene rings is 1. The molecule has 1 fully saturated rings. The zero-order chi connectivity index (χ0) is 17.6. The van der Waals surface area contributed by atoms with Crippen LogP contribution in [0.15, 0.2) is 23.1 Å². The molecular formula is C15H22FN3O4S. The summed E-state index contributed by atoms with van der Waals surface area (Å²) in [5, 5.41) is 2.67. The summed E-state index contributed by atoms with van der Waals surface area (Å²) in [6.07, 6.45) is 0. The first kappa shape index (κ1) is 18.8. The number of hydrogen-bond acceptors (Lipinski definition) is 5. The SMILES string of the molecule is Cc1cc(F)ccc1S(=O)(=O)NCC(=O)NCCN1CCOCC1. The molecule has 1 aromatic rings. The van der Waals surface area contributed by atoms with Gasteiger partial charge < -0.3 is 10.1 Å². The summed E-state index contributed by atoms with van der Waals surface area (Å²) >= 11 is 0. The first-order valence-corrected chi connectivity index (χ1v) is 9.19. The topological polar surface area (TPSA) is 87.7 Å². The normalized spacial score (nSPS) is 16.1. The van der Waals surface area contributed by atoms with E-state index in [0.29, 0.717) is 26.3 Å². The Hall–Kier alpha value is -1.55. The third-order valence-electron chi connectivity index (χ3n) is 3.70. The summed E-state index contributed by atoms with van der Waals surface area (Å²) in [6.45, 7) is 5.30. The van der Waals surface area contributed by atoms with Crippen LogP contribution in [0.1, 0.15) is 5.56 Å². The van der Waals surface area contributed by atoms with Gasteiger partial charge in [0.05, 0.1) is 24.7 Å². The van der Waals surface area contributed by atoms with Gasteiger partial charge in [0, 0.05) is 26.2 Å². The van der Waals surface area contributed by atoms with Crippen LogP contribution in [0.25, 0.3) is 0 Å². The molecule has 1 aliphatic heterocycles. The molecule has 2 rings (SSSR count). The van der Waals surface area contributed by atoms with Gasteiger partial charge in [0.2, 0.25) is 15.9 Å². The van der Waals surface area contributed by atoms with Gasteiger partial charge >= 0.3 is 0 Å². The molecular weight excluding hydrogens is 337 g/mol. The van der Waals surface area contributed by atoms with Crippen LogP contribution in [-0.4, -0.2) is 65.2 Å². The zero-order valence-electron chi connectivity index (χ0n) is 13.5. The standard InChI is InChI=1S/C15H22FN3O4S/c1-12-10-13(16)2-3-14(12)24(21,22)18-11-15(20)17-4-5-19-6-8-23-9-7-19/h2-3,10,18H,4-9,11H2,1H3,(H,17,20). The minimum atomic E-state index is -3.85. The first-order chi connectivity index (χ1) is 11.4. The highest BCUT2D eigenvalue weighted by atomic mass is 32.2.